The molecule has 0 unspecified atom stereocenters. The molecule has 3 aliphatic rings. The summed E-state index contributed by atoms with van der Waals surface area (Å²) >= 11 is 7.77. The predicted octanol–water partition coefficient (Wildman–Crippen LogP) is 3.91. The second-order valence-electron chi connectivity index (χ2n) is 7.60. The molecule has 0 N–H and O–H groups in total. The lowest BCUT2D eigenvalue weighted by molar-refractivity contribution is -0.118. The summed E-state index contributed by atoms with van der Waals surface area (Å²) in [5, 5.41) is 1.02. The van der Waals surface area contributed by atoms with Gasteiger partial charge in [0.2, 0.25) is 5.91 Å². The van der Waals surface area contributed by atoms with Crippen molar-refractivity contribution in [3.63, 3.8) is 0 Å². The summed E-state index contributed by atoms with van der Waals surface area (Å²) in [6.45, 7) is 0. The molecule has 0 radical (unpaired) electrons. The molecule has 27 heavy (non-hydrogen) atoms. The molecule has 0 bridgehead atoms. The molecule has 3 fully saturated rings. The molecule has 1 aromatic rings. The number of fused-ring (bicyclic) bond motifs is 1. The van der Waals surface area contributed by atoms with Crippen LogP contribution in [-0.2, 0) is 14.6 Å². The Bertz CT molecular complexity index is 865. The number of para-hydroxylation sites is 1. The smallest absolute Gasteiger partial charge is 0.248 e. The molecule has 2 aliphatic heterocycles. The zero-order valence-electron chi connectivity index (χ0n) is 15.0. The summed E-state index contributed by atoms with van der Waals surface area (Å²) in [4.78, 5) is 18.7. The van der Waals surface area contributed by atoms with Crippen LogP contribution in [0.1, 0.15) is 38.5 Å². The molecule has 1 aliphatic carbocycles. The third-order valence-corrected chi connectivity index (χ3v) is 9.17. The summed E-state index contributed by atoms with van der Waals surface area (Å²) < 4.78 is 24.2. The van der Waals surface area contributed by atoms with Crippen molar-refractivity contribution in [1.29, 1.82) is 0 Å². The predicted molar refractivity (Wildman–Crippen MR) is 111 cm³/mol. The van der Waals surface area contributed by atoms with Gasteiger partial charge < -0.3 is 4.90 Å². The van der Waals surface area contributed by atoms with Crippen molar-refractivity contribution in [3.8, 4) is 0 Å². The Labute approximate surface area is 169 Å². The maximum absolute atomic E-state index is 12.5. The molecule has 1 amide bonds. The molecule has 1 aromatic carbocycles. The zero-order chi connectivity index (χ0) is 19.0. The number of rotatable bonds is 4. The van der Waals surface area contributed by atoms with Crippen molar-refractivity contribution in [1.82, 2.24) is 0 Å². The zero-order valence-corrected chi connectivity index (χ0v) is 17.4. The molecule has 2 saturated heterocycles. The maximum Gasteiger partial charge on any atom is 0.248 e. The monoisotopic (exact) mass is 426 g/mol. The Morgan fingerprint density at radius 2 is 1.96 bits per heavy atom. The summed E-state index contributed by atoms with van der Waals surface area (Å²) in [7, 11) is -3.08. The van der Waals surface area contributed by atoms with E-state index in [2.05, 4.69) is 4.99 Å². The van der Waals surface area contributed by atoms with Gasteiger partial charge in [0.15, 0.2) is 15.0 Å². The van der Waals surface area contributed by atoms with E-state index < -0.39 is 9.84 Å². The minimum Gasteiger partial charge on any atom is -0.314 e. The van der Waals surface area contributed by atoms with Gasteiger partial charge in [-0.1, -0.05) is 61.2 Å². The van der Waals surface area contributed by atoms with Crippen LogP contribution in [0.5, 0.6) is 0 Å². The number of hydrogen-bond acceptors (Lipinski definition) is 4. The lowest BCUT2D eigenvalue weighted by Gasteiger charge is -2.25. The number of benzene rings is 1. The molecule has 5 nitrogen and oxygen atoms in total. The van der Waals surface area contributed by atoms with Crippen LogP contribution in [0.4, 0.5) is 5.69 Å². The lowest BCUT2D eigenvalue weighted by atomic mass is 10.0. The third kappa shape index (κ3) is 4.20. The molecule has 0 aromatic heterocycles. The van der Waals surface area contributed by atoms with Crippen LogP contribution in [0.25, 0.3) is 0 Å². The molecule has 8 heteroatoms. The van der Waals surface area contributed by atoms with Crippen molar-refractivity contribution in [2.75, 3.05) is 16.4 Å². The number of anilines is 1. The van der Waals surface area contributed by atoms with Gasteiger partial charge in [0.25, 0.3) is 0 Å². The van der Waals surface area contributed by atoms with Crippen molar-refractivity contribution in [2.24, 2.45) is 10.9 Å². The van der Waals surface area contributed by atoms with Gasteiger partial charge in [-0.15, -0.1) is 0 Å². The van der Waals surface area contributed by atoms with Gasteiger partial charge >= 0.3 is 0 Å². The van der Waals surface area contributed by atoms with Gasteiger partial charge in [0, 0.05) is 11.7 Å². The van der Waals surface area contributed by atoms with Gasteiger partial charge in [-0.05, 0) is 24.5 Å². The van der Waals surface area contributed by atoms with Gasteiger partial charge in [-0.3, -0.25) is 4.79 Å². The van der Waals surface area contributed by atoms with Crippen molar-refractivity contribution < 1.29 is 13.2 Å². The second kappa shape index (κ2) is 7.76. The van der Waals surface area contributed by atoms with E-state index in [1.54, 1.807) is 6.07 Å². The van der Waals surface area contributed by atoms with E-state index in [9.17, 15) is 13.2 Å². The molecular weight excluding hydrogens is 404 g/mol. The van der Waals surface area contributed by atoms with Crippen LogP contribution in [0.2, 0.25) is 5.02 Å². The quantitative estimate of drug-likeness (QED) is 0.730. The molecular formula is C19H23ClN2O3S2. The number of hydrogen-bond donors (Lipinski definition) is 0. The van der Waals surface area contributed by atoms with Crippen LogP contribution >= 0.6 is 23.4 Å². The number of sulfone groups is 1. The van der Waals surface area contributed by atoms with E-state index in [4.69, 9.17) is 11.6 Å². The molecule has 0 spiro atoms. The number of carbonyl (C=O) groups excluding carboxylic acids is 1. The summed E-state index contributed by atoms with van der Waals surface area (Å²) in [6, 6.07) is 7.11. The standard InChI is InChI=1S/C19H23ClN2O3S2/c20-14-7-3-4-8-15(14)22-16-11-27(24,25)12-17(16)26-19(22)21-18(23)10-9-13-5-1-2-6-13/h3-4,7-8,13,16-17H,1-2,5-6,9-12H2/t16-,17-/m0/s1. The first kappa shape index (κ1) is 19.3. The fourth-order valence-corrected chi connectivity index (χ4v) is 8.43. The van der Waals surface area contributed by atoms with Crippen LogP contribution < -0.4 is 4.90 Å². The fraction of sp³-hybridized carbons (Fsp3) is 0.579. The van der Waals surface area contributed by atoms with E-state index in [1.807, 2.05) is 23.1 Å². The summed E-state index contributed by atoms with van der Waals surface area (Å²) in [6.07, 6.45) is 6.31. The fourth-order valence-electron chi connectivity index (χ4n) is 4.28. The first-order chi connectivity index (χ1) is 12.9. The van der Waals surface area contributed by atoms with E-state index in [0.29, 0.717) is 22.5 Å². The highest BCUT2D eigenvalue weighted by Gasteiger charge is 2.49. The Kier molecular flexibility index (Phi) is 5.54. The Morgan fingerprint density at radius 1 is 1.22 bits per heavy atom. The first-order valence-corrected chi connectivity index (χ1v) is 12.5. The maximum atomic E-state index is 12.5. The molecule has 2 heterocycles. The van der Waals surface area contributed by atoms with Crippen molar-refractivity contribution in [2.45, 2.75) is 49.8 Å². The van der Waals surface area contributed by atoms with Gasteiger partial charge in [-0.2, -0.15) is 4.99 Å². The first-order valence-electron chi connectivity index (χ1n) is 9.45. The van der Waals surface area contributed by atoms with Gasteiger partial charge in [0.1, 0.15) is 0 Å². The number of nitrogens with zero attached hydrogens (tertiary/aromatic N) is 2. The Balaban J connectivity index is 1.57. The average Bonchev–Trinajstić information content (AvgIpc) is 3.29. The van der Waals surface area contributed by atoms with Crippen molar-refractivity contribution >= 4 is 50.0 Å². The molecule has 2 atom stereocenters. The lowest BCUT2D eigenvalue weighted by Crippen LogP contribution is -2.37. The van der Waals surface area contributed by atoms with Gasteiger partial charge in [-0.25, -0.2) is 8.42 Å². The minimum atomic E-state index is -3.08. The average molecular weight is 427 g/mol. The number of thioether (sulfide) groups is 1. The van der Waals surface area contributed by atoms with Crippen LogP contribution in [0.3, 0.4) is 0 Å². The summed E-state index contributed by atoms with van der Waals surface area (Å²) in [5.74, 6) is 0.725. The number of amides is 1. The topological polar surface area (TPSA) is 66.8 Å². The third-order valence-electron chi connectivity index (χ3n) is 5.64. The van der Waals surface area contributed by atoms with Crippen LogP contribution in [0, 0.1) is 5.92 Å². The highest BCUT2D eigenvalue weighted by molar-refractivity contribution is 8.16. The molecule has 146 valence electrons. The normalized spacial score (nSPS) is 28.8. The Hall–Kier alpha value is -1.05. The van der Waals surface area contributed by atoms with E-state index in [0.717, 1.165) is 12.1 Å². The van der Waals surface area contributed by atoms with E-state index in [-0.39, 0.29) is 28.7 Å². The minimum absolute atomic E-state index is 0.0746. The number of halogens is 1. The SMILES string of the molecule is O=C(CCC1CCCC1)N=C1S[C@H]2CS(=O)(=O)C[C@@H]2N1c1ccccc1Cl. The largest absolute Gasteiger partial charge is 0.314 e. The van der Waals surface area contributed by atoms with Gasteiger partial charge in [0.05, 0.1) is 28.3 Å². The second-order valence-corrected chi connectivity index (χ2v) is 11.4. The van der Waals surface area contributed by atoms with Crippen molar-refractivity contribution in [3.05, 3.63) is 29.3 Å². The highest BCUT2D eigenvalue weighted by atomic mass is 35.5. The number of carbonyl (C=O) groups is 1. The molecule has 4 rings (SSSR count). The van der Waals surface area contributed by atoms with E-state index in [1.165, 1.54) is 37.4 Å². The van der Waals surface area contributed by atoms with E-state index >= 15 is 0 Å². The number of aliphatic imine (C=N–C) groups is 1. The van der Waals surface area contributed by atoms with Crippen LogP contribution in [0.15, 0.2) is 29.3 Å². The summed E-state index contributed by atoms with van der Waals surface area (Å²) in [5.41, 5.74) is 0.721. The molecule has 1 saturated carbocycles. The highest BCUT2D eigenvalue weighted by Crippen LogP contribution is 2.43. The number of amidine groups is 1. The van der Waals surface area contributed by atoms with Crippen LogP contribution in [-0.4, -0.2) is 42.3 Å². The Morgan fingerprint density at radius 3 is 2.70 bits per heavy atom.